The number of para-hydroxylation sites is 2. The van der Waals surface area contributed by atoms with Crippen LogP contribution < -0.4 is 4.90 Å². The van der Waals surface area contributed by atoms with Gasteiger partial charge in [0.15, 0.2) is 5.58 Å². The van der Waals surface area contributed by atoms with Crippen molar-refractivity contribution < 1.29 is 4.42 Å². The molecule has 0 saturated heterocycles. The average Bonchev–Trinajstić information content (AvgIpc) is 3.88. The first-order chi connectivity index (χ1) is 25.8. The number of benzene rings is 8. The number of furan rings is 1. The first-order valence-electron chi connectivity index (χ1n) is 17.8. The van der Waals surface area contributed by atoms with Gasteiger partial charge in [-0.05, 0) is 75.8 Å². The van der Waals surface area contributed by atoms with E-state index in [4.69, 9.17) is 4.42 Å². The molecule has 0 amide bonds. The third kappa shape index (κ3) is 4.06. The van der Waals surface area contributed by atoms with E-state index in [0.29, 0.717) is 0 Å². The van der Waals surface area contributed by atoms with Gasteiger partial charge in [0.05, 0.1) is 16.8 Å². The molecule has 1 aliphatic carbocycles. The highest BCUT2D eigenvalue weighted by Crippen LogP contribution is 2.57. The SMILES string of the molecule is c1ccc(C2(c3ccccc3)c3ccccc3-c3cc(N(c4cccc5c4oc4ccccc45)c4cccc5sc6ccccc6c45)ccc32)cc1. The minimum Gasteiger partial charge on any atom is -0.454 e. The second-order valence-electron chi connectivity index (χ2n) is 13.6. The van der Waals surface area contributed by atoms with E-state index in [-0.39, 0.29) is 0 Å². The molecule has 11 rings (SSSR count). The van der Waals surface area contributed by atoms with Gasteiger partial charge in [0.25, 0.3) is 0 Å². The third-order valence-corrected chi connectivity index (χ3v) is 12.1. The van der Waals surface area contributed by atoms with Gasteiger partial charge in [-0.2, -0.15) is 0 Å². The summed E-state index contributed by atoms with van der Waals surface area (Å²) in [5.74, 6) is 0. The summed E-state index contributed by atoms with van der Waals surface area (Å²) in [6, 6.07) is 68.4. The minimum atomic E-state index is -0.458. The van der Waals surface area contributed by atoms with Crippen molar-refractivity contribution in [2.24, 2.45) is 0 Å². The summed E-state index contributed by atoms with van der Waals surface area (Å²) in [5.41, 5.74) is 12.2. The molecule has 0 radical (unpaired) electrons. The summed E-state index contributed by atoms with van der Waals surface area (Å²) in [7, 11) is 0. The topological polar surface area (TPSA) is 16.4 Å². The summed E-state index contributed by atoms with van der Waals surface area (Å²) in [6.45, 7) is 0. The fraction of sp³-hybridized carbons (Fsp3) is 0.0204. The molecule has 0 bridgehead atoms. The van der Waals surface area contributed by atoms with Crippen molar-refractivity contribution in [3.05, 3.63) is 210 Å². The number of hydrogen-bond donors (Lipinski definition) is 0. The Balaban J connectivity index is 1.24. The highest BCUT2D eigenvalue weighted by atomic mass is 32.1. The number of hydrogen-bond acceptors (Lipinski definition) is 3. The van der Waals surface area contributed by atoms with Crippen LogP contribution in [0, 0.1) is 0 Å². The van der Waals surface area contributed by atoms with E-state index in [9.17, 15) is 0 Å². The first-order valence-corrected chi connectivity index (χ1v) is 18.6. The summed E-state index contributed by atoms with van der Waals surface area (Å²) in [5, 5.41) is 4.74. The Bertz CT molecular complexity index is 2930. The van der Waals surface area contributed by atoms with Gasteiger partial charge in [-0.1, -0.05) is 146 Å². The zero-order valence-electron chi connectivity index (χ0n) is 28.2. The van der Waals surface area contributed by atoms with Gasteiger partial charge in [0.1, 0.15) is 5.58 Å². The third-order valence-electron chi connectivity index (χ3n) is 10.9. The number of fused-ring (bicyclic) bond motifs is 9. The molecule has 10 aromatic rings. The second kappa shape index (κ2) is 11.3. The molecule has 0 fully saturated rings. The Morgan fingerprint density at radius 3 is 1.88 bits per heavy atom. The van der Waals surface area contributed by atoms with Crippen LogP contribution in [-0.2, 0) is 5.41 Å². The number of rotatable bonds is 5. The van der Waals surface area contributed by atoms with Crippen LogP contribution in [0.25, 0.3) is 53.2 Å². The van der Waals surface area contributed by atoms with Crippen molar-refractivity contribution in [1.29, 1.82) is 0 Å². The van der Waals surface area contributed by atoms with Gasteiger partial charge < -0.3 is 9.32 Å². The van der Waals surface area contributed by atoms with E-state index in [1.54, 1.807) is 0 Å². The fourth-order valence-electron chi connectivity index (χ4n) is 8.83. The first kappa shape index (κ1) is 29.3. The quantitative estimate of drug-likeness (QED) is 0.180. The Hall–Kier alpha value is -6.42. The van der Waals surface area contributed by atoms with E-state index in [2.05, 4.69) is 187 Å². The van der Waals surface area contributed by atoms with Crippen molar-refractivity contribution in [2.75, 3.05) is 4.90 Å². The van der Waals surface area contributed by atoms with Gasteiger partial charge in [-0.15, -0.1) is 11.3 Å². The smallest absolute Gasteiger partial charge is 0.159 e. The molecule has 0 aliphatic heterocycles. The lowest BCUT2D eigenvalue weighted by Gasteiger charge is -2.34. The van der Waals surface area contributed by atoms with Gasteiger partial charge in [0.2, 0.25) is 0 Å². The number of anilines is 3. The Kier molecular flexibility index (Phi) is 6.37. The van der Waals surface area contributed by atoms with Crippen LogP contribution in [0.2, 0.25) is 0 Å². The molecule has 0 unspecified atom stereocenters. The van der Waals surface area contributed by atoms with Gasteiger partial charge in [-0.25, -0.2) is 0 Å². The van der Waals surface area contributed by atoms with Crippen molar-refractivity contribution >= 4 is 70.5 Å². The zero-order valence-corrected chi connectivity index (χ0v) is 29.0. The van der Waals surface area contributed by atoms with Crippen LogP contribution in [0.1, 0.15) is 22.3 Å². The largest absolute Gasteiger partial charge is 0.454 e. The van der Waals surface area contributed by atoms with E-state index in [1.165, 1.54) is 53.6 Å². The van der Waals surface area contributed by atoms with Crippen molar-refractivity contribution in [1.82, 2.24) is 0 Å². The highest BCUT2D eigenvalue weighted by molar-refractivity contribution is 7.26. The maximum Gasteiger partial charge on any atom is 0.159 e. The van der Waals surface area contributed by atoms with Gasteiger partial charge >= 0.3 is 0 Å². The lowest BCUT2D eigenvalue weighted by atomic mass is 9.68. The van der Waals surface area contributed by atoms with E-state index < -0.39 is 5.41 Å². The average molecular weight is 682 g/mol. The highest BCUT2D eigenvalue weighted by Gasteiger charge is 2.46. The minimum absolute atomic E-state index is 0.458. The molecule has 3 heteroatoms. The number of thiophene rings is 1. The van der Waals surface area contributed by atoms with Crippen LogP contribution in [0.4, 0.5) is 17.1 Å². The van der Waals surface area contributed by atoms with Crippen molar-refractivity contribution in [3.8, 4) is 11.1 Å². The number of nitrogens with zero attached hydrogens (tertiary/aromatic N) is 1. The maximum atomic E-state index is 6.75. The molecule has 2 heterocycles. The monoisotopic (exact) mass is 681 g/mol. The Labute approximate surface area is 305 Å². The normalized spacial score (nSPS) is 13.2. The van der Waals surface area contributed by atoms with Crippen molar-refractivity contribution in [3.63, 3.8) is 0 Å². The summed E-state index contributed by atoms with van der Waals surface area (Å²) >= 11 is 1.85. The molecule has 0 atom stereocenters. The molecule has 2 nitrogen and oxygen atoms in total. The predicted octanol–water partition coefficient (Wildman–Crippen LogP) is 13.8. The Morgan fingerprint density at radius 2 is 1.06 bits per heavy atom. The molecule has 0 spiro atoms. The van der Waals surface area contributed by atoms with Crippen LogP contribution in [-0.4, -0.2) is 0 Å². The van der Waals surface area contributed by atoms with E-state index >= 15 is 0 Å². The van der Waals surface area contributed by atoms with Crippen LogP contribution in [0.15, 0.2) is 192 Å². The summed E-state index contributed by atoms with van der Waals surface area (Å²) in [6.07, 6.45) is 0. The van der Waals surface area contributed by atoms with E-state index in [0.717, 1.165) is 39.0 Å². The zero-order chi connectivity index (χ0) is 34.2. The summed E-state index contributed by atoms with van der Waals surface area (Å²) < 4.78 is 9.29. The maximum absolute atomic E-state index is 6.75. The lowest BCUT2D eigenvalue weighted by molar-refractivity contribution is 0.669. The van der Waals surface area contributed by atoms with Crippen LogP contribution in [0.3, 0.4) is 0 Å². The van der Waals surface area contributed by atoms with E-state index in [1.807, 2.05) is 17.4 Å². The molecule has 0 N–H and O–H groups in total. The van der Waals surface area contributed by atoms with Crippen LogP contribution in [0.5, 0.6) is 0 Å². The molecule has 244 valence electrons. The summed E-state index contributed by atoms with van der Waals surface area (Å²) in [4.78, 5) is 2.43. The molecule has 0 saturated carbocycles. The Morgan fingerprint density at radius 1 is 0.442 bits per heavy atom. The molecule has 8 aromatic carbocycles. The molecular formula is C49H31NOS. The van der Waals surface area contributed by atoms with Gasteiger partial charge in [0, 0.05) is 36.6 Å². The molecular weight excluding hydrogens is 651 g/mol. The second-order valence-corrected chi connectivity index (χ2v) is 14.7. The van der Waals surface area contributed by atoms with Gasteiger partial charge in [-0.3, -0.25) is 0 Å². The molecule has 2 aromatic heterocycles. The molecule has 1 aliphatic rings. The predicted molar refractivity (Wildman–Crippen MR) is 219 cm³/mol. The fourth-order valence-corrected chi connectivity index (χ4v) is 9.96. The lowest BCUT2D eigenvalue weighted by Crippen LogP contribution is -2.28. The van der Waals surface area contributed by atoms with Crippen molar-refractivity contribution in [2.45, 2.75) is 5.41 Å². The molecule has 52 heavy (non-hydrogen) atoms. The standard InChI is InChI=1S/C49H31NOS/c1-3-15-32(16-4-1)49(33-17-5-2-6-18-33)40-23-10-7-19-35(40)39-31-34(29-30-41(39)49)50(42-24-14-28-46-47(42)38-21-9-12-27-45(38)52-46)43-25-13-22-37-36-20-8-11-26-44(36)51-48(37)43/h1-31H. The van der Waals surface area contributed by atoms with Crippen LogP contribution >= 0.6 is 11.3 Å².